The van der Waals surface area contributed by atoms with Gasteiger partial charge in [-0.1, -0.05) is 46.3 Å². The van der Waals surface area contributed by atoms with Crippen molar-refractivity contribution in [3.05, 3.63) is 82.9 Å². The first-order chi connectivity index (χ1) is 12.2. The number of aryl methyl sites for hydroxylation is 1. The summed E-state index contributed by atoms with van der Waals surface area (Å²) in [5.74, 6) is 1.14. The van der Waals surface area contributed by atoms with Crippen molar-refractivity contribution in [1.82, 2.24) is 9.55 Å². The Morgan fingerprint density at radius 1 is 1.12 bits per heavy atom. The van der Waals surface area contributed by atoms with E-state index in [1.807, 2.05) is 12.4 Å². The molecule has 4 rings (SSSR count). The Bertz CT molecular complexity index is 841. The molecule has 3 nitrogen and oxygen atoms in total. The fourth-order valence-corrected chi connectivity index (χ4v) is 4.49. The minimum atomic E-state index is -0.116. The van der Waals surface area contributed by atoms with Crippen LogP contribution in [-0.4, -0.2) is 15.6 Å². The molecule has 0 aliphatic heterocycles. The molecule has 1 fully saturated rings. The fraction of sp³-hybridized carbons (Fsp3) is 0.286. The predicted molar refractivity (Wildman–Crippen MR) is 106 cm³/mol. The standard InChI is InChI=1S/C21H22BrN3/c1-25-15-14-23-20(25)21(16-9-11-17(22)12-10-16)13-5-8-19(21)24-18-6-3-2-4-7-18/h2-4,6-7,9-12,14-15,19,24H,5,8,13H2,1H3/t19-,21+/m1/s1. The predicted octanol–water partition coefficient (Wildman–Crippen LogP) is 5.13. The van der Waals surface area contributed by atoms with Crippen LogP contribution in [0, 0.1) is 0 Å². The second kappa shape index (κ2) is 6.68. The van der Waals surface area contributed by atoms with Crippen LogP contribution in [0.25, 0.3) is 0 Å². The van der Waals surface area contributed by atoms with Crippen LogP contribution in [0.5, 0.6) is 0 Å². The van der Waals surface area contributed by atoms with E-state index >= 15 is 0 Å². The molecule has 128 valence electrons. The van der Waals surface area contributed by atoms with Crippen molar-refractivity contribution in [3.63, 3.8) is 0 Å². The molecule has 1 N–H and O–H groups in total. The molecule has 0 bridgehead atoms. The number of hydrogen-bond acceptors (Lipinski definition) is 2. The second-order valence-electron chi connectivity index (χ2n) is 6.80. The van der Waals surface area contributed by atoms with Gasteiger partial charge in [0.1, 0.15) is 5.82 Å². The van der Waals surface area contributed by atoms with Gasteiger partial charge in [-0.05, 0) is 49.1 Å². The molecule has 0 radical (unpaired) electrons. The first-order valence-corrected chi connectivity index (χ1v) is 9.55. The van der Waals surface area contributed by atoms with Crippen LogP contribution >= 0.6 is 15.9 Å². The number of benzene rings is 2. The van der Waals surface area contributed by atoms with Crippen LogP contribution in [0.4, 0.5) is 5.69 Å². The number of imidazole rings is 1. The van der Waals surface area contributed by atoms with E-state index in [2.05, 4.69) is 87.5 Å². The zero-order valence-electron chi connectivity index (χ0n) is 14.3. The molecule has 1 aliphatic carbocycles. The van der Waals surface area contributed by atoms with Gasteiger partial charge in [-0.2, -0.15) is 0 Å². The monoisotopic (exact) mass is 395 g/mol. The van der Waals surface area contributed by atoms with Crippen LogP contribution in [0.1, 0.15) is 30.7 Å². The average molecular weight is 396 g/mol. The third kappa shape index (κ3) is 2.89. The molecule has 0 saturated heterocycles. The number of rotatable bonds is 4. The van der Waals surface area contributed by atoms with E-state index < -0.39 is 0 Å². The number of nitrogens with one attached hydrogen (secondary N) is 1. The first kappa shape index (κ1) is 16.4. The third-order valence-corrected chi connectivity index (χ3v) is 5.88. The van der Waals surface area contributed by atoms with E-state index in [1.165, 1.54) is 17.7 Å². The molecule has 3 aromatic rings. The highest BCUT2D eigenvalue weighted by atomic mass is 79.9. The summed E-state index contributed by atoms with van der Waals surface area (Å²) < 4.78 is 3.28. The fourth-order valence-electron chi connectivity index (χ4n) is 4.22. The molecule has 0 amide bonds. The summed E-state index contributed by atoms with van der Waals surface area (Å²) in [4.78, 5) is 4.77. The van der Waals surface area contributed by atoms with Crippen molar-refractivity contribution in [2.75, 3.05) is 5.32 Å². The Kier molecular flexibility index (Phi) is 4.38. The van der Waals surface area contributed by atoms with Crippen molar-refractivity contribution in [1.29, 1.82) is 0 Å². The minimum absolute atomic E-state index is 0.116. The maximum Gasteiger partial charge on any atom is 0.121 e. The van der Waals surface area contributed by atoms with Crippen LogP contribution in [-0.2, 0) is 12.5 Å². The number of nitrogens with zero attached hydrogens (tertiary/aromatic N) is 2. The maximum absolute atomic E-state index is 4.77. The number of hydrogen-bond donors (Lipinski definition) is 1. The molecule has 4 heteroatoms. The molecule has 0 unspecified atom stereocenters. The van der Waals surface area contributed by atoms with Crippen molar-refractivity contribution in [2.24, 2.45) is 7.05 Å². The quantitative estimate of drug-likeness (QED) is 0.662. The Morgan fingerprint density at radius 3 is 2.56 bits per heavy atom. The second-order valence-corrected chi connectivity index (χ2v) is 7.71. The van der Waals surface area contributed by atoms with Gasteiger partial charge in [0.05, 0.1) is 5.41 Å². The lowest BCUT2D eigenvalue weighted by Crippen LogP contribution is -2.43. The van der Waals surface area contributed by atoms with Gasteiger partial charge in [0.15, 0.2) is 0 Å². The van der Waals surface area contributed by atoms with Crippen LogP contribution in [0.2, 0.25) is 0 Å². The molecule has 2 aromatic carbocycles. The van der Waals surface area contributed by atoms with E-state index in [1.54, 1.807) is 0 Å². The summed E-state index contributed by atoms with van der Waals surface area (Å²) in [7, 11) is 2.10. The number of halogens is 1. The van der Waals surface area contributed by atoms with E-state index in [0.29, 0.717) is 6.04 Å². The van der Waals surface area contributed by atoms with Gasteiger partial charge in [-0.25, -0.2) is 4.98 Å². The van der Waals surface area contributed by atoms with Crippen LogP contribution in [0.15, 0.2) is 71.5 Å². The van der Waals surface area contributed by atoms with Crippen LogP contribution in [0.3, 0.4) is 0 Å². The van der Waals surface area contributed by atoms with Gasteiger partial charge in [0, 0.05) is 35.6 Å². The molecule has 1 aromatic heterocycles. The Hall–Kier alpha value is -2.07. The van der Waals surface area contributed by atoms with Gasteiger partial charge >= 0.3 is 0 Å². The molecule has 2 atom stereocenters. The highest BCUT2D eigenvalue weighted by molar-refractivity contribution is 9.10. The Labute approximate surface area is 157 Å². The zero-order valence-corrected chi connectivity index (χ0v) is 15.9. The summed E-state index contributed by atoms with van der Waals surface area (Å²) in [5, 5.41) is 3.80. The SMILES string of the molecule is Cn1ccnc1[C@]1(c2ccc(Br)cc2)CCC[C@H]1Nc1ccccc1. The maximum atomic E-state index is 4.77. The lowest BCUT2D eigenvalue weighted by Gasteiger charge is -2.36. The lowest BCUT2D eigenvalue weighted by atomic mass is 9.74. The molecule has 0 spiro atoms. The Balaban J connectivity index is 1.82. The number of aromatic nitrogens is 2. The summed E-state index contributed by atoms with van der Waals surface area (Å²) in [6.07, 6.45) is 7.39. The minimum Gasteiger partial charge on any atom is -0.381 e. The van der Waals surface area contributed by atoms with Crippen molar-refractivity contribution < 1.29 is 0 Å². The largest absolute Gasteiger partial charge is 0.381 e. The lowest BCUT2D eigenvalue weighted by molar-refractivity contribution is 0.446. The summed E-state index contributed by atoms with van der Waals surface area (Å²) in [6, 6.07) is 19.6. The van der Waals surface area contributed by atoms with Crippen molar-refractivity contribution >= 4 is 21.6 Å². The smallest absolute Gasteiger partial charge is 0.121 e. The highest BCUT2D eigenvalue weighted by Crippen LogP contribution is 2.47. The number of para-hydroxylation sites is 1. The highest BCUT2D eigenvalue weighted by Gasteiger charge is 2.48. The van der Waals surface area contributed by atoms with Gasteiger partial charge in [-0.3, -0.25) is 0 Å². The molecule has 25 heavy (non-hydrogen) atoms. The van der Waals surface area contributed by atoms with Gasteiger partial charge in [-0.15, -0.1) is 0 Å². The molecular formula is C21H22BrN3. The zero-order chi connectivity index (χ0) is 17.3. The molecule has 1 heterocycles. The van der Waals surface area contributed by atoms with E-state index in [0.717, 1.165) is 23.1 Å². The topological polar surface area (TPSA) is 29.9 Å². The van der Waals surface area contributed by atoms with Crippen molar-refractivity contribution in [3.8, 4) is 0 Å². The normalized spacial score (nSPS) is 22.9. The molecule has 1 aliphatic rings. The summed E-state index contributed by atoms with van der Waals surface area (Å²) in [5.41, 5.74) is 2.38. The molecule has 1 saturated carbocycles. The molecular weight excluding hydrogens is 374 g/mol. The van der Waals surface area contributed by atoms with Gasteiger partial charge in [0.2, 0.25) is 0 Å². The van der Waals surface area contributed by atoms with Crippen molar-refractivity contribution in [2.45, 2.75) is 30.7 Å². The third-order valence-electron chi connectivity index (χ3n) is 5.35. The number of anilines is 1. The average Bonchev–Trinajstić information content (AvgIpc) is 3.23. The van der Waals surface area contributed by atoms with E-state index in [9.17, 15) is 0 Å². The van der Waals surface area contributed by atoms with Crippen LogP contribution < -0.4 is 5.32 Å². The summed E-state index contributed by atoms with van der Waals surface area (Å²) in [6.45, 7) is 0. The van der Waals surface area contributed by atoms with E-state index in [4.69, 9.17) is 4.98 Å². The summed E-state index contributed by atoms with van der Waals surface area (Å²) >= 11 is 3.57. The van der Waals surface area contributed by atoms with Gasteiger partial charge in [0.25, 0.3) is 0 Å². The first-order valence-electron chi connectivity index (χ1n) is 8.75. The van der Waals surface area contributed by atoms with E-state index in [-0.39, 0.29) is 5.41 Å². The van der Waals surface area contributed by atoms with Gasteiger partial charge < -0.3 is 9.88 Å². The Morgan fingerprint density at radius 2 is 1.88 bits per heavy atom.